The molecule has 4 aromatic rings. The maximum atomic E-state index is 13.4. The van der Waals surface area contributed by atoms with Gasteiger partial charge in [-0.05, 0) is 67.9 Å². The van der Waals surface area contributed by atoms with E-state index in [2.05, 4.69) is 30.5 Å². The fourth-order valence-electron chi connectivity index (χ4n) is 4.12. The van der Waals surface area contributed by atoms with Gasteiger partial charge in [-0.25, -0.2) is 4.39 Å². The van der Waals surface area contributed by atoms with Gasteiger partial charge in [0.05, 0.1) is 11.8 Å². The molecule has 1 fully saturated rings. The number of carbonyl (C=O) groups is 1. The van der Waals surface area contributed by atoms with Crippen LogP contribution < -0.4 is 5.32 Å². The van der Waals surface area contributed by atoms with Gasteiger partial charge in [0.15, 0.2) is 11.5 Å². The first-order valence-electron chi connectivity index (χ1n) is 11.2. The molecule has 4 heterocycles. The number of benzene rings is 1. The van der Waals surface area contributed by atoms with Crippen LogP contribution in [0.4, 0.5) is 4.39 Å². The molecule has 3 aromatic heterocycles. The van der Waals surface area contributed by atoms with Crippen molar-refractivity contribution >= 4 is 23.3 Å². The van der Waals surface area contributed by atoms with Crippen LogP contribution in [0.5, 0.6) is 0 Å². The molecule has 0 spiro atoms. The predicted molar refractivity (Wildman–Crippen MR) is 128 cm³/mol. The summed E-state index contributed by atoms with van der Waals surface area (Å²) in [5, 5.41) is 16.7. The van der Waals surface area contributed by atoms with Crippen LogP contribution in [0.25, 0.3) is 17.0 Å². The second-order valence-electron chi connectivity index (χ2n) is 8.11. The first kappa shape index (κ1) is 22.4. The Morgan fingerprint density at radius 2 is 1.91 bits per heavy atom. The highest BCUT2D eigenvalue weighted by Gasteiger charge is 2.24. The van der Waals surface area contributed by atoms with Crippen LogP contribution >= 0.6 is 11.8 Å². The standard InChI is InChI=1S/C24H24FN7OS/c25-19-7-5-17(6-8-19)20(31-12-1-2-13-31)15-27-22(33)16-34-23-10-9-21-28-29-24(32(21)30-23)18-4-3-11-26-14-18/h3-11,14,20H,1-2,12-13,15-16H2,(H,27,33)/t20-/m0/s1. The molecule has 1 aliphatic heterocycles. The predicted octanol–water partition coefficient (Wildman–Crippen LogP) is 3.37. The first-order valence-corrected chi connectivity index (χ1v) is 12.2. The van der Waals surface area contributed by atoms with Crippen LogP contribution in [0, 0.1) is 5.82 Å². The SMILES string of the molecule is O=C(CSc1ccc2nnc(-c3cccnc3)n2n1)NC[C@@H](c1ccc(F)cc1)N1CCCC1. The Bertz CT molecular complexity index is 1260. The number of halogens is 1. The molecule has 1 atom stereocenters. The van der Waals surface area contributed by atoms with Gasteiger partial charge < -0.3 is 5.32 Å². The summed E-state index contributed by atoms with van der Waals surface area (Å²) in [4.78, 5) is 19.1. The van der Waals surface area contributed by atoms with Crippen molar-refractivity contribution in [2.75, 3.05) is 25.4 Å². The van der Waals surface area contributed by atoms with Gasteiger partial charge in [0, 0.05) is 24.5 Å². The van der Waals surface area contributed by atoms with Gasteiger partial charge >= 0.3 is 0 Å². The summed E-state index contributed by atoms with van der Waals surface area (Å²) < 4.78 is 15.1. The molecule has 0 bridgehead atoms. The van der Waals surface area contributed by atoms with Crippen molar-refractivity contribution in [1.29, 1.82) is 0 Å². The number of aromatic nitrogens is 5. The van der Waals surface area contributed by atoms with E-state index in [9.17, 15) is 9.18 Å². The number of fused-ring (bicyclic) bond motifs is 1. The van der Waals surface area contributed by atoms with Gasteiger partial charge in [-0.1, -0.05) is 23.9 Å². The van der Waals surface area contributed by atoms with E-state index in [1.54, 1.807) is 29.0 Å². The minimum atomic E-state index is -0.256. The molecule has 1 saturated heterocycles. The lowest BCUT2D eigenvalue weighted by Gasteiger charge is -2.28. The quantitative estimate of drug-likeness (QED) is 0.389. The van der Waals surface area contributed by atoms with Crippen molar-refractivity contribution in [3.8, 4) is 11.4 Å². The van der Waals surface area contributed by atoms with E-state index in [-0.39, 0.29) is 23.5 Å². The minimum Gasteiger partial charge on any atom is -0.353 e. The fraction of sp³-hybridized carbons (Fsp3) is 0.292. The van der Waals surface area contributed by atoms with Crippen molar-refractivity contribution in [3.05, 3.63) is 72.3 Å². The molecule has 0 radical (unpaired) electrons. The van der Waals surface area contributed by atoms with Crippen LogP contribution in [0.15, 0.2) is 66.0 Å². The van der Waals surface area contributed by atoms with E-state index in [1.165, 1.54) is 23.9 Å². The Balaban J connectivity index is 1.22. The Labute approximate surface area is 200 Å². The van der Waals surface area contributed by atoms with E-state index in [0.29, 0.717) is 23.0 Å². The van der Waals surface area contributed by atoms with Crippen molar-refractivity contribution in [2.45, 2.75) is 23.9 Å². The van der Waals surface area contributed by atoms with E-state index >= 15 is 0 Å². The number of rotatable bonds is 8. The lowest BCUT2D eigenvalue weighted by molar-refractivity contribution is -0.118. The zero-order valence-electron chi connectivity index (χ0n) is 18.5. The third-order valence-corrected chi connectivity index (χ3v) is 6.76. The third-order valence-electron chi connectivity index (χ3n) is 5.84. The summed E-state index contributed by atoms with van der Waals surface area (Å²) in [6.45, 7) is 2.44. The lowest BCUT2D eigenvalue weighted by atomic mass is 10.1. The molecular formula is C24H24FN7OS. The van der Waals surface area contributed by atoms with E-state index in [0.717, 1.165) is 37.1 Å². The molecule has 1 N–H and O–H groups in total. The molecule has 0 aliphatic carbocycles. The number of likely N-dealkylation sites (tertiary alicyclic amines) is 1. The largest absolute Gasteiger partial charge is 0.353 e. The Hall–Kier alpha value is -3.37. The van der Waals surface area contributed by atoms with Crippen LogP contribution in [0.2, 0.25) is 0 Å². The first-order chi connectivity index (χ1) is 16.7. The summed E-state index contributed by atoms with van der Waals surface area (Å²) >= 11 is 1.35. The monoisotopic (exact) mass is 477 g/mol. The lowest BCUT2D eigenvalue weighted by Crippen LogP contribution is -2.37. The molecule has 34 heavy (non-hydrogen) atoms. The molecule has 10 heteroatoms. The van der Waals surface area contributed by atoms with Crippen molar-refractivity contribution in [3.63, 3.8) is 0 Å². The van der Waals surface area contributed by atoms with Gasteiger partial charge in [-0.15, -0.1) is 10.2 Å². The topological polar surface area (TPSA) is 88.3 Å². The van der Waals surface area contributed by atoms with Crippen LogP contribution in [0.1, 0.15) is 24.4 Å². The number of hydrogen-bond acceptors (Lipinski definition) is 7. The number of carbonyl (C=O) groups excluding carboxylic acids is 1. The normalized spacial score (nSPS) is 15.0. The van der Waals surface area contributed by atoms with Crippen LogP contribution in [0.3, 0.4) is 0 Å². The molecule has 0 unspecified atom stereocenters. The smallest absolute Gasteiger partial charge is 0.230 e. The number of nitrogens with zero attached hydrogens (tertiary/aromatic N) is 6. The van der Waals surface area contributed by atoms with Gasteiger partial charge in [0.1, 0.15) is 10.8 Å². The summed E-state index contributed by atoms with van der Waals surface area (Å²) in [7, 11) is 0. The van der Waals surface area contributed by atoms with E-state index in [1.807, 2.05) is 24.3 Å². The van der Waals surface area contributed by atoms with Crippen molar-refractivity contribution in [1.82, 2.24) is 35.0 Å². The fourth-order valence-corrected chi connectivity index (χ4v) is 4.81. The van der Waals surface area contributed by atoms with Gasteiger partial charge in [0.25, 0.3) is 0 Å². The molecule has 1 aromatic carbocycles. The summed E-state index contributed by atoms with van der Waals surface area (Å²) in [5.41, 5.74) is 2.45. The number of amides is 1. The third kappa shape index (κ3) is 5.07. The van der Waals surface area contributed by atoms with Gasteiger partial charge in [-0.3, -0.25) is 14.7 Å². The van der Waals surface area contributed by atoms with Crippen LogP contribution in [-0.2, 0) is 4.79 Å². The number of thioether (sulfide) groups is 1. The average Bonchev–Trinajstić information content (AvgIpc) is 3.55. The summed E-state index contributed by atoms with van der Waals surface area (Å²) in [5.74, 6) is 0.504. The molecule has 0 saturated carbocycles. The highest BCUT2D eigenvalue weighted by molar-refractivity contribution is 7.99. The summed E-state index contributed by atoms with van der Waals surface area (Å²) in [6.07, 6.45) is 5.69. The Morgan fingerprint density at radius 1 is 1.09 bits per heavy atom. The number of nitrogens with one attached hydrogen (secondary N) is 1. The van der Waals surface area contributed by atoms with Gasteiger partial charge in [0.2, 0.25) is 5.91 Å². The molecule has 5 rings (SSSR count). The molecule has 1 aliphatic rings. The average molecular weight is 478 g/mol. The zero-order valence-corrected chi connectivity index (χ0v) is 19.3. The highest BCUT2D eigenvalue weighted by atomic mass is 32.2. The van der Waals surface area contributed by atoms with E-state index < -0.39 is 0 Å². The van der Waals surface area contributed by atoms with Crippen molar-refractivity contribution < 1.29 is 9.18 Å². The minimum absolute atomic E-state index is 0.0330. The highest BCUT2D eigenvalue weighted by Crippen LogP contribution is 2.25. The van der Waals surface area contributed by atoms with Crippen molar-refractivity contribution in [2.24, 2.45) is 0 Å². The second kappa shape index (κ2) is 10.3. The van der Waals surface area contributed by atoms with E-state index in [4.69, 9.17) is 0 Å². The molecule has 1 amide bonds. The zero-order chi connectivity index (χ0) is 23.3. The summed E-state index contributed by atoms with van der Waals surface area (Å²) in [6, 6.07) is 14.0. The molecule has 174 valence electrons. The molecule has 8 nitrogen and oxygen atoms in total. The molecular weight excluding hydrogens is 453 g/mol. The Kier molecular flexibility index (Phi) is 6.77. The Morgan fingerprint density at radius 3 is 2.68 bits per heavy atom. The number of pyridine rings is 1. The van der Waals surface area contributed by atoms with Gasteiger partial charge in [-0.2, -0.15) is 9.61 Å². The van der Waals surface area contributed by atoms with Crippen LogP contribution in [-0.4, -0.2) is 61.0 Å². The second-order valence-corrected chi connectivity index (χ2v) is 9.11. The number of hydrogen-bond donors (Lipinski definition) is 1. The maximum Gasteiger partial charge on any atom is 0.230 e. The maximum absolute atomic E-state index is 13.4.